The van der Waals surface area contributed by atoms with Crippen LogP contribution in [-0.4, -0.2) is 17.1 Å². The van der Waals surface area contributed by atoms with E-state index in [4.69, 9.17) is 0 Å². The Morgan fingerprint density at radius 2 is 2.00 bits per heavy atom. The van der Waals surface area contributed by atoms with Gasteiger partial charge in [-0.15, -0.1) is 0 Å². The van der Waals surface area contributed by atoms with Crippen molar-refractivity contribution in [1.29, 1.82) is 0 Å². The lowest BCUT2D eigenvalue weighted by molar-refractivity contribution is 0.0698. The molecule has 0 bridgehead atoms. The number of nitrogens with one attached hydrogen (secondary N) is 1. The topological polar surface area (TPSA) is 49.3 Å². The number of hydrogen-bond acceptors (Lipinski definition) is 2. The van der Waals surface area contributed by atoms with Crippen molar-refractivity contribution in [3.8, 4) is 0 Å². The van der Waals surface area contributed by atoms with Crippen LogP contribution >= 0.6 is 0 Å². The molecule has 0 aromatic heterocycles. The van der Waals surface area contributed by atoms with E-state index >= 15 is 0 Å². The van der Waals surface area contributed by atoms with Crippen molar-refractivity contribution in [2.75, 3.05) is 5.32 Å². The van der Waals surface area contributed by atoms with Crippen molar-refractivity contribution in [3.05, 3.63) is 29.8 Å². The van der Waals surface area contributed by atoms with Gasteiger partial charge in [-0.25, -0.2) is 4.79 Å². The van der Waals surface area contributed by atoms with Crippen molar-refractivity contribution < 1.29 is 9.90 Å². The number of rotatable bonds is 3. The predicted molar refractivity (Wildman–Crippen MR) is 73.0 cm³/mol. The summed E-state index contributed by atoms with van der Waals surface area (Å²) < 4.78 is 0. The lowest BCUT2D eigenvalue weighted by Crippen LogP contribution is -2.35. The highest BCUT2D eigenvalue weighted by Gasteiger charge is 2.27. The minimum Gasteiger partial charge on any atom is -0.478 e. The van der Waals surface area contributed by atoms with Crippen molar-refractivity contribution in [1.82, 2.24) is 0 Å². The molecule has 1 aliphatic rings. The maximum atomic E-state index is 11.2. The van der Waals surface area contributed by atoms with Gasteiger partial charge in [-0.05, 0) is 30.4 Å². The van der Waals surface area contributed by atoms with E-state index in [1.54, 1.807) is 12.1 Å². The lowest BCUT2D eigenvalue weighted by atomic mass is 9.78. The maximum absolute atomic E-state index is 11.2. The van der Waals surface area contributed by atoms with E-state index in [0.29, 0.717) is 23.4 Å². The summed E-state index contributed by atoms with van der Waals surface area (Å²) in [5, 5.41) is 12.6. The van der Waals surface area contributed by atoms with E-state index in [2.05, 4.69) is 19.2 Å². The monoisotopic (exact) mass is 247 g/mol. The zero-order valence-electron chi connectivity index (χ0n) is 11.0. The van der Waals surface area contributed by atoms with E-state index in [0.717, 1.165) is 12.1 Å². The van der Waals surface area contributed by atoms with Gasteiger partial charge in [0.25, 0.3) is 0 Å². The molecule has 2 rings (SSSR count). The molecular weight excluding hydrogens is 226 g/mol. The Hall–Kier alpha value is -1.51. The number of aromatic carboxylic acids is 1. The summed E-state index contributed by atoms with van der Waals surface area (Å²) >= 11 is 0. The normalized spacial score (nSPS) is 27.8. The molecule has 18 heavy (non-hydrogen) atoms. The number of carbonyl (C=O) groups is 1. The van der Waals surface area contributed by atoms with Crippen LogP contribution < -0.4 is 5.32 Å². The van der Waals surface area contributed by atoms with Gasteiger partial charge in [-0.1, -0.05) is 38.8 Å². The molecule has 0 amide bonds. The Morgan fingerprint density at radius 1 is 1.28 bits per heavy atom. The molecule has 0 aliphatic heterocycles. The summed E-state index contributed by atoms with van der Waals surface area (Å²) in [6, 6.07) is 7.54. The summed E-state index contributed by atoms with van der Waals surface area (Å²) in [6.07, 6.45) is 3.62. The van der Waals surface area contributed by atoms with Crippen LogP contribution in [0.5, 0.6) is 0 Å². The molecule has 3 unspecified atom stereocenters. The molecule has 0 heterocycles. The smallest absolute Gasteiger partial charge is 0.337 e. The minimum absolute atomic E-state index is 0.364. The highest BCUT2D eigenvalue weighted by Crippen LogP contribution is 2.32. The van der Waals surface area contributed by atoms with Crippen LogP contribution in [0.2, 0.25) is 0 Å². The molecule has 0 spiro atoms. The van der Waals surface area contributed by atoms with E-state index in [1.165, 1.54) is 12.8 Å². The predicted octanol–water partition coefficient (Wildman–Crippen LogP) is 3.62. The van der Waals surface area contributed by atoms with Gasteiger partial charge in [-0.3, -0.25) is 0 Å². The van der Waals surface area contributed by atoms with Crippen LogP contribution in [0.1, 0.15) is 43.5 Å². The largest absolute Gasteiger partial charge is 0.478 e. The fourth-order valence-corrected chi connectivity index (χ4v) is 2.78. The van der Waals surface area contributed by atoms with Crippen LogP contribution in [0.25, 0.3) is 0 Å². The Labute approximate surface area is 108 Å². The minimum atomic E-state index is -0.866. The molecule has 0 saturated heterocycles. The molecule has 98 valence electrons. The van der Waals surface area contributed by atoms with Gasteiger partial charge in [0.15, 0.2) is 0 Å². The Morgan fingerprint density at radius 3 is 2.72 bits per heavy atom. The molecule has 1 saturated carbocycles. The standard InChI is InChI=1S/C15H21NO2/c1-10-6-5-9-13(11(10)2)16-14-8-4-3-7-12(14)15(17)18/h3-4,7-8,10-11,13,16H,5-6,9H2,1-2H3,(H,17,18). The second-order valence-corrected chi connectivity index (χ2v) is 5.37. The summed E-state index contributed by atoms with van der Waals surface area (Å²) in [4.78, 5) is 11.2. The third-order valence-electron chi connectivity index (χ3n) is 4.21. The molecule has 3 heteroatoms. The first-order chi connectivity index (χ1) is 8.59. The number of carboxylic acid groups (broad SMARTS) is 1. The number of hydrogen-bond donors (Lipinski definition) is 2. The van der Waals surface area contributed by atoms with Crippen molar-refractivity contribution in [2.24, 2.45) is 11.8 Å². The molecule has 1 fully saturated rings. The fraction of sp³-hybridized carbons (Fsp3) is 0.533. The summed E-state index contributed by atoms with van der Waals surface area (Å²) in [5.41, 5.74) is 1.11. The van der Waals surface area contributed by atoms with Gasteiger partial charge in [0.2, 0.25) is 0 Å². The second-order valence-electron chi connectivity index (χ2n) is 5.37. The average molecular weight is 247 g/mol. The van der Waals surface area contributed by atoms with Gasteiger partial charge >= 0.3 is 5.97 Å². The zero-order chi connectivity index (χ0) is 13.1. The molecule has 2 N–H and O–H groups in total. The first-order valence-corrected chi connectivity index (χ1v) is 6.68. The number of benzene rings is 1. The van der Waals surface area contributed by atoms with E-state index in [1.807, 2.05) is 12.1 Å². The lowest BCUT2D eigenvalue weighted by Gasteiger charge is -2.35. The molecule has 3 atom stereocenters. The SMILES string of the molecule is CC1CCCC(Nc2ccccc2C(=O)O)C1C. The average Bonchev–Trinajstić information content (AvgIpc) is 2.35. The Bertz CT molecular complexity index is 430. The molecule has 1 aliphatic carbocycles. The van der Waals surface area contributed by atoms with Gasteiger partial charge < -0.3 is 10.4 Å². The molecule has 1 aromatic carbocycles. The van der Waals surface area contributed by atoms with Crippen molar-refractivity contribution >= 4 is 11.7 Å². The summed E-state index contributed by atoms with van der Waals surface area (Å²) in [5.74, 6) is 0.420. The third-order valence-corrected chi connectivity index (χ3v) is 4.21. The van der Waals surface area contributed by atoms with Crippen molar-refractivity contribution in [2.45, 2.75) is 39.2 Å². The first kappa shape index (κ1) is 12.9. The highest BCUT2D eigenvalue weighted by molar-refractivity contribution is 5.94. The molecule has 1 aromatic rings. The Kier molecular flexibility index (Phi) is 3.90. The van der Waals surface area contributed by atoms with E-state index in [-0.39, 0.29) is 0 Å². The first-order valence-electron chi connectivity index (χ1n) is 6.68. The van der Waals surface area contributed by atoms with Gasteiger partial charge in [0.05, 0.1) is 5.56 Å². The fourth-order valence-electron chi connectivity index (χ4n) is 2.78. The van der Waals surface area contributed by atoms with Crippen LogP contribution in [0, 0.1) is 11.8 Å². The van der Waals surface area contributed by atoms with Crippen molar-refractivity contribution in [3.63, 3.8) is 0 Å². The van der Waals surface area contributed by atoms with Crippen LogP contribution in [0.15, 0.2) is 24.3 Å². The van der Waals surface area contributed by atoms with Gasteiger partial charge in [0.1, 0.15) is 0 Å². The second kappa shape index (κ2) is 5.42. The number of carboxylic acids is 1. The van der Waals surface area contributed by atoms with Crippen LogP contribution in [0.3, 0.4) is 0 Å². The highest BCUT2D eigenvalue weighted by atomic mass is 16.4. The molecule has 3 nitrogen and oxygen atoms in total. The molecular formula is C15H21NO2. The maximum Gasteiger partial charge on any atom is 0.337 e. The van der Waals surface area contributed by atoms with Gasteiger partial charge in [-0.2, -0.15) is 0 Å². The van der Waals surface area contributed by atoms with Crippen LogP contribution in [-0.2, 0) is 0 Å². The summed E-state index contributed by atoms with van der Waals surface area (Å²) in [7, 11) is 0. The quantitative estimate of drug-likeness (QED) is 0.857. The molecule has 0 radical (unpaired) electrons. The van der Waals surface area contributed by atoms with Gasteiger partial charge in [0, 0.05) is 11.7 Å². The van der Waals surface area contributed by atoms with Crippen LogP contribution in [0.4, 0.5) is 5.69 Å². The zero-order valence-corrected chi connectivity index (χ0v) is 11.0. The number of para-hydroxylation sites is 1. The van der Waals surface area contributed by atoms with E-state index in [9.17, 15) is 9.90 Å². The van der Waals surface area contributed by atoms with E-state index < -0.39 is 5.97 Å². The Balaban J connectivity index is 2.16. The third kappa shape index (κ3) is 2.66. The number of anilines is 1. The summed E-state index contributed by atoms with van der Waals surface area (Å²) in [6.45, 7) is 4.53.